The van der Waals surface area contributed by atoms with E-state index in [4.69, 9.17) is 5.11 Å². The molecule has 110 valence electrons. The molecule has 0 heterocycles. The zero-order chi connectivity index (χ0) is 14.8. The monoisotopic (exact) mass is 278 g/mol. The molecule has 2 N–H and O–H groups in total. The van der Waals surface area contributed by atoms with Gasteiger partial charge in [0.05, 0.1) is 6.54 Å². The van der Waals surface area contributed by atoms with Crippen molar-refractivity contribution in [2.75, 3.05) is 24.5 Å². The van der Waals surface area contributed by atoms with Gasteiger partial charge in [-0.3, -0.25) is 9.59 Å². The van der Waals surface area contributed by atoms with Crippen LogP contribution in [0.4, 0.5) is 5.69 Å². The average molecular weight is 278 g/mol. The summed E-state index contributed by atoms with van der Waals surface area (Å²) in [5, 5.41) is 11.7. The molecule has 0 aliphatic rings. The van der Waals surface area contributed by atoms with E-state index in [1.165, 1.54) is 0 Å². The van der Waals surface area contributed by atoms with Crippen molar-refractivity contribution in [3.8, 4) is 0 Å². The SMILES string of the molecule is CCCCCNC(=O)CN(CC(=O)O)c1ccccc1. The first-order chi connectivity index (χ1) is 9.63. The number of para-hydroxylation sites is 1. The van der Waals surface area contributed by atoms with E-state index in [-0.39, 0.29) is 19.0 Å². The zero-order valence-electron chi connectivity index (χ0n) is 11.8. The van der Waals surface area contributed by atoms with Gasteiger partial charge in [-0.2, -0.15) is 0 Å². The third kappa shape index (κ3) is 6.22. The first-order valence-corrected chi connectivity index (χ1v) is 6.92. The van der Waals surface area contributed by atoms with Crippen molar-refractivity contribution < 1.29 is 14.7 Å². The summed E-state index contributed by atoms with van der Waals surface area (Å²) >= 11 is 0. The van der Waals surface area contributed by atoms with Crippen LogP contribution in [0.15, 0.2) is 30.3 Å². The highest BCUT2D eigenvalue weighted by Crippen LogP contribution is 2.12. The van der Waals surface area contributed by atoms with Crippen LogP contribution in [0.3, 0.4) is 0 Å². The fourth-order valence-electron chi connectivity index (χ4n) is 1.87. The van der Waals surface area contributed by atoms with Crippen LogP contribution in [0.2, 0.25) is 0 Å². The number of carboxylic acids is 1. The standard InChI is InChI=1S/C15H22N2O3/c1-2-3-7-10-16-14(18)11-17(12-15(19)20)13-8-5-4-6-9-13/h4-6,8-9H,2-3,7,10-12H2,1H3,(H,16,18)(H,19,20). The number of carboxylic acid groups (broad SMARTS) is 1. The number of rotatable bonds is 9. The van der Waals surface area contributed by atoms with E-state index in [1.807, 2.05) is 18.2 Å². The number of carbonyl (C=O) groups excluding carboxylic acids is 1. The van der Waals surface area contributed by atoms with E-state index in [1.54, 1.807) is 17.0 Å². The lowest BCUT2D eigenvalue weighted by Gasteiger charge is -2.22. The van der Waals surface area contributed by atoms with Gasteiger partial charge >= 0.3 is 5.97 Å². The Hall–Kier alpha value is -2.04. The number of nitrogens with one attached hydrogen (secondary N) is 1. The molecule has 0 radical (unpaired) electrons. The van der Waals surface area contributed by atoms with Crippen molar-refractivity contribution in [2.45, 2.75) is 26.2 Å². The summed E-state index contributed by atoms with van der Waals surface area (Å²) in [6.07, 6.45) is 3.13. The molecule has 0 atom stereocenters. The Morgan fingerprint density at radius 1 is 1.15 bits per heavy atom. The van der Waals surface area contributed by atoms with Gasteiger partial charge in [0.2, 0.25) is 5.91 Å². The van der Waals surface area contributed by atoms with Crippen molar-refractivity contribution >= 4 is 17.6 Å². The molecule has 5 nitrogen and oxygen atoms in total. The van der Waals surface area contributed by atoms with E-state index >= 15 is 0 Å². The molecule has 0 unspecified atom stereocenters. The number of unbranched alkanes of at least 4 members (excludes halogenated alkanes) is 2. The van der Waals surface area contributed by atoms with E-state index in [2.05, 4.69) is 12.2 Å². The number of benzene rings is 1. The lowest BCUT2D eigenvalue weighted by molar-refractivity contribution is -0.135. The first kappa shape index (κ1) is 16.0. The van der Waals surface area contributed by atoms with Crippen LogP contribution in [-0.4, -0.2) is 36.6 Å². The van der Waals surface area contributed by atoms with Gasteiger partial charge in [-0.25, -0.2) is 0 Å². The van der Waals surface area contributed by atoms with Crippen molar-refractivity contribution in [3.63, 3.8) is 0 Å². The van der Waals surface area contributed by atoms with Crippen LogP contribution in [0, 0.1) is 0 Å². The van der Waals surface area contributed by atoms with E-state index in [9.17, 15) is 9.59 Å². The second kappa shape index (κ2) is 8.96. The zero-order valence-corrected chi connectivity index (χ0v) is 11.8. The topological polar surface area (TPSA) is 69.6 Å². The summed E-state index contributed by atoms with van der Waals surface area (Å²) in [6, 6.07) is 9.10. The molecule has 5 heteroatoms. The molecule has 0 aromatic heterocycles. The number of hydrogen-bond acceptors (Lipinski definition) is 3. The predicted molar refractivity (Wildman–Crippen MR) is 78.8 cm³/mol. The van der Waals surface area contributed by atoms with Crippen LogP contribution in [0.5, 0.6) is 0 Å². The molecule has 0 saturated heterocycles. The molecule has 0 bridgehead atoms. The molecule has 0 aliphatic carbocycles. The maximum absolute atomic E-state index is 11.8. The van der Waals surface area contributed by atoms with Crippen LogP contribution < -0.4 is 10.2 Å². The fraction of sp³-hybridized carbons (Fsp3) is 0.467. The van der Waals surface area contributed by atoms with Gasteiger partial charge < -0.3 is 15.3 Å². The maximum Gasteiger partial charge on any atom is 0.323 e. The number of aliphatic carboxylic acids is 1. The summed E-state index contributed by atoms with van der Waals surface area (Å²) in [7, 11) is 0. The van der Waals surface area contributed by atoms with Gasteiger partial charge in [0, 0.05) is 12.2 Å². The molecule has 0 spiro atoms. The van der Waals surface area contributed by atoms with Crippen molar-refractivity contribution in [2.24, 2.45) is 0 Å². The third-order valence-electron chi connectivity index (χ3n) is 2.88. The van der Waals surface area contributed by atoms with Crippen LogP contribution in [0.25, 0.3) is 0 Å². The second-order valence-electron chi connectivity index (χ2n) is 4.64. The quantitative estimate of drug-likeness (QED) is 0.677. The molecule has 0 fully saturated rings. The van der Waals surface area contributed by atoms with E-state index in [0.717, 1.165) is 24.9 Å². The molecule has 0 saturated carbocycles. The highest BCUT2D eigenvalue weighted by atomic mass is 16.4. The lowest BCUT2D eigenvalue weighted by Crippen LogP contribution is -2.40. The number of carbonyl (C=O) groups is 2. The van der Waals surface area contributed by atoms with E-state index < -0.39 is 5.97 Å². The minimum atomic E-state index is -0.951. The minimum Gasteiger partial charge on any atom is -0.480 e. The van der Waals surface area contributed by atoms with Gasteiger partial charge in [-0.15, -0.1) is 0 Å². The predicted octanol–water partition coefficient (Wildman–Crippen LogP) is 1.88. The normalized spacial score (nSPS) is 10.1. The van der Waals surface area contributed by atoms with Crippen LogP contribution in [-0.2, 0) is 9.59 Å². The van der Waals surface area contributed by atoms with Gasteiger partial charge in [-0.05, 0) is 18.6 Å². The Morgan fingerprint density at radius 2 is 1.85 bits per heavy atom. The minimum absolute atomic E-state index is 0.0580. The summed E-state index contributed by atoms with van der Waals surface area (Å²) in [5.74, 6) is -1.10. The highest BCUT2D eigenvalue weighted by Gasteiger charge is 2.14. The Morgan fingerprint density at radius 3 is 2.45 bits per heavy atom. The molecule has 1 aromatic rings. The van der Waals surface area contributed by atoms with Gasteiger partial charge in [0.15, 0.2) is 0 Å². The molecule has 20 heavy (non-hydrogen) atoms. The van der Waals surface area contributed by atoms with Crippen molar-refractivity contribution in [1.82, 2.24) is 5.32 Å². The Kier molecular flexibility index (Phi) is 7.17. The number of anilines is 1. The summed E-state index contributed by atoms with van der Waals surface area (Å²) in [6.45, 7) is 2.61. The molecular weight excluding hydrogens is 256 g/mol. The largest absolute Gasteiger partial charge is 0.480 e. The number of nitrogens with zero attached hydrogens (tertiary/aromatic N) is 1. The highest BCUT2D eigenvalue weighted by molar-refractivity contribution is 5.83. The molecule has 1 aromatic carbocycles. The first-order valence-electron chi connectivity index (χ1n) is 6.92. The van der Waals surface area contributed by atoms with Crippen molar-refractivity contribution in [3.05, 3.63) is 30.3 Å². The lowest BCUT2D eigenvalue weighted by atomic mass is 10.2. The van der Waals surface area contributed by atoms with E-state index in [0.29, 0.717) is 6.54 Å². The van der Waals surface area contributed by atoms with Gasteiger partial charge in [0.25, 0.3) is 0 Å². The molecule has 1 rings (SSSR count). The number of hydrogen-bond donors (Lipinski definition) is 2. The Labute approximate surface area is 119 Å². The summed E-state index contributed by atoms with van der Waals surface area (Å²) in [4.78, 5) is 24.3. The molecular formula is C15H22N2O3. The third-order valence-corrected chi connectivity index (χ3v) is 2.88. The van der Waals surface area contributed by atoms with Crippen LogP contribution in [0.1, 0.15) is 26.2 Å². The van der Waals surface area contributed by atoms with Gasteiger partial charge in [-0.1, -0.05) is 38.0 Å². The molecule has 0 aliphatic heterocycles. The Bertz CT molecular complexity index is 420. The van der Waals surface area contributed by atoms with Crippen molar-refractivity contribution in [1.29, 1.82) is 0 Å². The summed E-state index contributed by atoms with van der Waals surface area (Å²) < 4.78 is 0. The smallest absolute Gasteiger partial charge is 0.323 e. The fourth-order valence-corrected chi connectivity index (χ4v) is 1.87. The second-order valence-corrected chi connectivity index (χ2v) is 4.64. The summed E-state index contributed by atoms with van der Waals surface area (Å²) in [5.41, 5.74) is 0.735. The van der Waals surface area contributed by atoms with Gasteiger partial charge in [0.1, 0.15) is 6.54 Å². The molecule has 1 amide bonds. The van der Waals surface area contributed by atoms with Crippen LogP contribution >= 0.6 is 0 Å². The maximum atomic E-state index is 11.8. The Balaban J connectivity index is 2.52. The average Bonchev–Trinajstić information content (AvgIpc) is 2.43. The number of amides is 1.